The summed E-state index contributed by atoms with van der Waals surface area (Å²) in [5.41, 5.74) is 7.51. The van der Waals surface area contributed by atoms with E-state index in [9.17, 15) is 0 Å². The summed E-state index contributed by atoms with van der Waals surface area (Å²) in [4.78, 5) is 0. The molecule has 4 bridgehead atoms. The standard InChI is InChI=1S/C11H18N2O/c12-11-4-7-1-8(5-11)3-10(13-14)9(2-7)6-11/h7-9,14H,1-6,12H2/b13-10+/t7-,8+,9+,11-/m1/s1. The quantitative estimate of drug-likeness (QED) is 0.456. The summed E-state index contributed by atoms with van der Waals surface area (Å²) in [6.45, 7) is 0. The Balaban J connectivity index is 1.99. The molecule has 4 saturated carbocycles. The van der Waals surface area contributed by atoms with Gasteiger partial charge in [0, 0.05) is 11.5 Å². The van der Waals surface area contributed by atoms with Crippen LogP contribution in [0, 0.1) is 17.8 Å². The normalized spacial score (nSPS) is 53.8. The molecule has 3 N–H and O–H groups in total. The molecule has 0 unspecified atom stereocenters. The fourth-order valence-corrected chi connectivity index (χ4v) is 4.19. The first-order valence-corrected chi connectivity index (χ1v) is 5.68. The van der Waals surface area contributed by atoms with Crippen LogP contribution in [0.15, 0.2) is 5.16 Å². The lowest BCUT2D eigenvalue weighted by Gasteiger charge is -2.45. The van der Waals surface area contributed by atoms with Gasteiger partial charge in [-0.2, -0.15) is 0 Å². The van der Waals surface area contributed by atoms with Crippen molar-refractivity contribution in [3.63, 3.8) is 0 Å². The molecule has 3 nitrogen and oxygen atoms in total. The maximum Gasteiger partial charge on any atom is 0.0605 e. The minimum atomic E-state index is 0.0724. The van der Waals surface area contributed by atoms with Crippen molar-refractivity contribution in [3.05, 3.63) is 0 Å². The maximum absolute atomic E-state index is 9.00. The second-order valence-electron chi connectivity index (χ2n) is 5.67. The summed E-state index contributed by atoms with van der Waals surface area (Å²) in [7, 11) is 0. The van der Waals surface area contributed by atoms with Crippen molar-refractivity contribution in [2.24, 2.45) is 28.6 Å². The highest BCUT2D eigenvalue weighted by molar-refractivity contribution is 5.87. The number of nitrogens with zero attached hydrogens (tertiary/aromatic N) is 1. The third-order valence-electron chi connectivity index (χ3n) is 4.43. The lowest BCUT2D eigenvalue weighted by Crippen LogP contribution is -2.50. The Bertz CT molecular complexity index is 289. The Hall–Kier alpha value is -0.570. The maximum atomic E-state index is 9.00. The Morgan fingerprint density at radius 3 is 2.71 bits per heavy atom. The van der Waals surface area contributed by atoms with Gasteiger partial charge in [0.25, 0.3) is 0 Å². The molecular weight excluding hydrogens is 176 g/mol. The van der Waals surface area contributed by atoms with Crippen molar-refractivity contribution in [3.8, 4) is 0 Å². The topological polar surface area (TPSA) is 58.6 Å². The molecule has 14 heavy (non-hydrogen) atoms. The summed E-state index contributed by atoms with van der Waals surface area (Å²) in [5, 5.41) is 12.5. The molecule has 0 heterocycles. The molecule has 3 heteroatoms. The summed E-state index contributed by atoms with van der Waals surface area (Å²) in [6.07, 6.45) is 6.94. The van der Waals surface area contributed by atoms with Gasteiger partial charge < -0.3 is 10.9 Å². The largest absolute Gasteiger partial charge is 0.411 e. The highest BCUT2D eigenvalue weighted by atomic mass is 16.4. The minimum absolute atomic E-state index is 0.0724. The summed E-state index contributed by atoms with van der Waals surface area (Å²) >= 11 is 0. The van der Waals surface area contributed by atoms with Gasteiger partial charge in [-0.3, -0.25) is 0 Å². The number of hydrogen-bond donors (Lipinski definition) is 2. The lowest BCUT2D eigenvalue weighted by molar-refractivity contribution is 0.109. The van der Waals surface area contributed by atoms with Crippen LogP contribution in [-0.4, -0.2) is 16.5 Å². The van der Waals surface area contributed by atoms with Crippen LogP contribution < -0.4 is 5.73 Å². The Morgan fingerprint density at radius 1 is 1.21 bits per heavy atom. The number of fused-ring (bicyclic) bond motifs is 1. The van der Waals surface area contributed by atoms with Gasteiger partial charge in [0.15, 0.2) is 0 Å². The molecule has 4 atom stereocenters. The Labute approximate surface area is 84.4 Å². The lowest BCUT2D eigenvalue weighted by atomic mass is 9.63. The zero-order valence-corrected chi connectivity index (χ0v) is 8.45. The van der Waals surface area contributed by atoms with E-state index in [1.807, 2.05) is 0 Å². The molecule has 0 aromatic rings. The van der Waals surface area contributed by atoms with Crippen LogP contribution >= 0.6 is 0 Å². The third-order valence-corrected chi connectivity index (χ3v) is 4.43. The first-order valence-electron chi connectivity index (χ1n) is 5.68. The average Bonchev–Trinajstić information content (AvgIpc) is 2.26. The molecule has 78 valence electrons. The fraction of sp³-hybridized carbons (Fsp3) is 0.909. The summed E-state index contributed by atoms with van der Waals surface area (Å²) in [5.74, 6) is 1.98. The van der Waals surface area contributed by atoms with E-state index < -0.39 is 0 Å². The zero-order chi connectivity index (χ0) is 9.76. The minimum Gasteiger partial charge on any atom is -0.411 e. The first-order chi connectivity index (χ1) is 6.68. The second kappa shape index (κ2) is 2.72. The van der Waals surface area contributed by atoms with E-state index in [1.54, 1.807) is 0 Å². The van der Waals surface area contributed by atoms with Crippen LogP contribution in [0.5, 0.6) is 0 Å². The van der Waals surface area contributed by atoms with E-state index in [1.165, 1.54) is 19.3 Å². The smallest absolute Gasteiger partial charge is 0.0605 e. The summed E-state index contributed by atoms with van der Waals surface area (Å²) < 4.78 is 0. The van der Waals surface area contributed by atoms with E-state index in [0.717, 1.165) is 30.9 Å². The summed E-state index contributed by atoms with van der Waals surface area (Å²) in [6, 6.07) is 0. The monoisotopic (exact) mass is 194 g/mol. The molecule has 0 aromatic carbocycles. The molecule has 4 rings (SSSR count). The number of oxime groups is 1. The molecule has 4 aliphatic carbocycles. The van der Waals surface area contributed by atoms with Crippen molar-refractivity contribution < 1.29 is 5.21 Å². The van der Waals surface area contributed by atoms with Crippen molar-refractivity contribution in [1.82, 2.24) is 0 Å². The molecule has 4 fully saturated rings. The molecule has 0 aromatic heterocycles. The molecule has 0 aliphatic heterocycles. The van der Waals surface area contributed by atoms with Gasteiger partial charge in [-0.25, -0.2) is 0 Å². The van der Waals surface area contributed by atoms with Gasteiger partial charge in [-0.15, -0.1) is 0 Å². The first kappa shape index (κ1) is 8.72. The van der Waals surface area contributed by atoms with Crippen LogP contribution in [0.1, 0.15) is 38.5 Å². The molecule has 0 saturated heterocycles. The van der Waals surface area contributed by atoms with E-state index in [-0.39, 0.29) is 5.54 Å². The predicted octanol–water partition coefficient (Wildman–Crippen LogP) is 1.74. The molecular formula is C11H18N2O. The molecule has 0 spiro atoms. The fourth-order valence-electron chi connectivity index (χ4n) is 4.19. The second-order valence-corrected chi connectivity index (χ2v) is 5.67. The van der Waals surface area contributed by atoms with Crippen LogP contribution in [0.25, 0.3) is 0 Å². The molecule has 0 amide bonds. The van der Waals surface area contributed by atoms with Gasteiger partial charge in [0.05, 0.1) is 5.71 Å². The van der Waals surface area contributed by atoms with Crippen LogP contribution in [0.3, 0.4) is 0 Å². The molecule has 4 aliphatic rings. The Kier molecular flexibility index (Phi) is 1.69. The van der Waals surface area contributed by atoms with Crippen LogP contribution in [0.2, 0.25) is 0 Å². The number of nitrogens with two attached hydrogens (primary N) is 1. The van der Waals surface area contributed by atoms with E-state index >= 15 is 0 Å². The molecule has 0 radical (unpaired) electrons. The average molecular weight is 194 g/mol. The van der Waals surface area contributed by atoms with Gasteiger partial charge in [-0.1, -0.05) is 5.16 Å². The third kappa shape index (κ3) is 1.18. The van der Waals surface area contributed by atoms with Crippen LogP contribution in [-0.2, 0) is 0 Å². The van der Waals surface area contributed by atoms with Gasteiger partial charge >= 0.3 is 0 Å². The van der Waals surface area contributed by atoms with E-state index in [0.29, 0.717) is 11.8 Å². The van der Waals surface area contributed by atoms with Crippen molar-refractivity contribution >= 4 is 5.71 Å². The SMILES string of the molecule is N[C@@]12C[C@@H]3C/C(=N\O)[C@@H](C[C@@H](C3)C1)C2. The number of hydrogen-bond acceptors (Lipinski definition) is 3. The number of rotatable bonds is 0. The van der Waals surface area contributed by atoms with E-state index in [4.69, 9.17) is 10.9 Å². The van der Waals surface area contributed by atoms with Crippen molar-refractivity contribution in [1.29, 1.82) is 0 Å². The van der Waals surface area contributed by atoms with Crippen LogP contribution in [0.4, 0.5) is 0 Å². The highest BCUT2D eigenvalue weighted by Crippen LogP contribution is 2.51. The highest BCUT2D eigenvalue weighted by Gasteiger charge is 2.48. The van der Waals surface area contributed by atoms with E-state index in [2.05, 4.69) is 5.16 Å². The van der Waals surface area contributed by atoms with Crippen molar-refractivity contribution in [2.75, 3.05) is 0 Å². The zero-order valence-electron chi connectivity index (χ0n) is 8.45. The predicted molar refractivity (Wildman–Crippen MR) is 54.3 cm³/mol. The van der Waals surface area contributed by atoms with Crippen molar-refractivity contribution in [2.45, 2.75) is 44.1 Å². The van der Waals surface area contributed by atoms with Gasteiger partial charge in [0.2, 0.25) is 0 Å². The Morgan fingerprint density at radius 2 is 2.00 bits per heavy atom. The van der Waals surface area contributed by atoms with Gasteiger partial charge in [0.1, 0.15) is 0 Å². The van der Waals surface area contributed by atoms with Gasteiger partial charge in [-0.05, 0) is 50.4 Å².